The molecule has 0 radical (unpaired) electrons. The summed E-state index contributed by atoms with van der Waals surface area (Å²) in [6.07, 6.45) is 0. The third-order valence-electron chi connectivity index (χ3n) is 2.87. The molecule has 3 nitrogen and oxygen atoms in total. The number of piperazine rings is 1. The first-order valence-electron chi connectivity index (χ1n) is 5.55. The summed E-state index contributed by atoms with van der Waals surface area (Å²) in [5.41, 5.74) is 0.552. The highest BCUT2D eigenvalue weighted by Gasteiger charge is 2.24. The number of carbonyl (C=O) groups is 1. The standard InChI is InChI=1S/C12H14Cl2N2O.ClH/c1-8-7-15-2-3-16(8)12(17)9-4-10(13)6-11(14)5-9;/h4-6,8,15H,2-3,7H2,1H3;1H/t8-;/m1./s1. The average molecular weight is 310 g/mol. The second-order valence-electron chi connectivity index (χ2n) is 4.21. The van der Waals surface area contributed by atoms with Crippen LogP contribution < -0.4 is 5.32 Å². The summed E-state index contributed by atoms with van der Waals surface area (Å²) in [5, 5.41) is 4.23. The van der Waals surface area contributed by atoms with Crippen molar-refractivity contribution in [2.45, 2.75) is 13.0 Å². The molecule has 1 aliphatic rings. The minimum Gasteiger partial charge on any atom is -0.333 e. The zero-order valence-corrected chi connectivity index (χ0v) is 12.3. The van der Waals surface area contributed by atoms with Crippen LogP contribution in [0.25, 0.3) is 0 Å². The van der Waals surface area contributed by atoms with Crippen LogP contribution in [0.2, 0.25) is 10.0 Å². The molecule has 1 atom stereocenters. The van der Waals surface area contributed by atoms with E-state index in [4.69, 9.17) is 23.2 Å². The normalized spacial score (nSPS) is 19.3. The Kier molecular flexibility index (Phi) is 5.73. The maximum absolute atomic E-state index is 12.3. The Morgan fingerprint density at radius 3 is 2.50 bits per heavy atom. The fourth-order valence-electron chi connectivity index (χ4n) is 1.99. The second-order valence-corrected chi connectivity index (χ2v) is 5.08. The van der Waals surface area contributed by atoms with Crippen LogP contribution in [0.15, 0.2) is 18.2 Å². The van der Waals surface area contributed by atoms with Gasteiger partial charge >= 0.3 is 0 Å². The Bertz CT molecular complexity index is 419. The smallest absolute Gasteiger partial charge is 0.254 e. The van der Waals surface area contributed by atoms with Gasteiger partial charge in [0.05, 0.1) is 0 Å². The van der Waals surface area contributed by atoms with Crippen molar-refractivity contribution in [3.8, 4) is 0 Å². The molecule has 0 aliphatic carbocycles. The number of hydrogen-bond donors (Lipinski definition) is 1. The molecule has 1 fully saturated rings. The van der Waals surface area contributed by atoms with Gasteiger partial charge in [-0.15, -0.1) is 12.4 Å². The SMILES string of the molecule is C[C@@H]1CNCCN1C(=O)c1cc(Cl)cc(Cl)c1.Cl. The van der Waals surface area contributed by atoms with Gasteiger partial charge in [-0.1, -0.05) is 23.2 Å². The van der Waals surface area contributed by atoms with Gasteiger partial charge in [-0.25, -0.2) is 0 Å². The third kappa shape index (κ3) is 3.51. The van der Waals surface area contributed by atoms with E-state index in [0.29, 0.717) is 22.2 Å². The lowest BCUT2D eigenvalue weighted by atomic mass is 10.1. The maximum atomic E-state index is 12.3. The monoisotopic (exact) mass is 308 g/mol. The minimum absolute atomic E-state index is 0. The number of nitrogens with zero attached hydrogens (tertiary/aromatic N) is 1. The van der Waals surface area contributed by atoms with E-state index in [1.165, 1.54) is 0 Å². The van der Waals surface area contributed by atoms with Gasteiger partial charge in [0.1, 0.15) is 0 Å². The first kappa shape index (κ1) is 15.6. The predicted octanol–water partition coefficient (Wildman–Crippen LogP) is 2.85. The minimum atomic E-state index is -0.0107. The largest absolute Gasteiger partial charge is 0.333 e. The summed E-state index contributed by atoms with van der Waals surface area (Å²) in [7, 11) is 0. The predicted molar refractivity (Wildman–Crippen MR) is 77.1 cm³/mol. The lowest BCUT2D eigenvalue weighted by Gasteiger charge is -2.34. The van der Waals surface area contributed by atoms with Gasteiger partial charge in [0.25, 0.3) is 5.91 Å². The zero-order valence-electron chi connectivity index (χ0n) is 9.95. The molecule has 0 saturated carbocycles. The number of nitrogens with one attached hydrogen (secondary N) is 1. The topological polar surface area (TPSA) is 32.3 Å². The highest BCUT2D eigenvalue weighted by atomic mass is 35.5. The number of amides is 1. The summed E-state index contributed by atoms with van der Waals surface area (Å²) < 4.78 is 0. The molecular weight excluding hydrogens is 295 g/mol. The van der Waals surface area contributed by atoms with Crippen LogP contribution in [0.3, 0.4) is 0 Å². The number of carbonyl (C=O) groups excluding carboxylic acids is 1. The summed E-state index contributed by atoms with van der Waals surface area (Å²) >= 11 is 11.8. The van der Waals surface area contributed by atoms with Gasteiger partial charge < -0.3 is 10.2 Å². The van der Waals surface area contributed by atoms with Gasteiger partial charge in [0, 0.05) is 41.3 Å². The quantitative estimate of drug-likeness (QED) is 0.865. The van der Waals surface area contributed by atoms with Crippen molar-refractivity contribution < 1.29 is 4.79 Å². The van der Waals surface area contributed by atoms with Crippen molar-refractivity contribution >= 4 is 41.5 Å². The Labute approximate surface area is 123 Å². The summed E-state index contributed by atoms with van der Waals surface area (Å²) in [5.74, 6) is -0.0107. The first-order chi connectivity index (χ1) is 8.08. The summed E-state index contributed by atoms with van der Waals surface area (Å²) in [6.45, 7) is 4.38. The summed E-state index contributed by atoms with van der Waals surface area (Å²) in [4.78, 5) is 14.1. The molecule has 1 heterocycles. The van der Waals surface area contributed by atoms with E-state index in [0.717, 1.165) is 13.1 Å². The van der Waals surface area contributed by atoms with E-state index in [2.05, 4.69) is 5.32 Å². The van der Waals surface area contributed by atoms with E-state index in [-0.39, 0.29) is 24.4 Å². The molecule has 1 amide bonds. The molecule has 1 aromatic rings. The average Bonchev–Trinajstić information content (AvgIpc) is 2.27. The molecule has 1 aromatic carbocycles. The summed E-state index contributed by atoms with van der Waals surface area (Å²) in [6, 6.07) is 5.13. The molecule has 2 rings (SSSR count). The van der Waals surface area contributed by atoms with Crippen molar-refractivity contribution in [3.63, 3.8) is 0 Å². The van der Waals surface area contributed by atoms with Crippen LogP contribution in [0.5, 0.6) is 0 Å². The molecule has 0 spiro atoms. The first-order valence-corrected chi connectivity index (χ1v) is 6.31. The van der Waals surface area contributed by atoms with Gasteiger partial charge in [-0.3, -0.25) is 4.79 Å². The van der Waals surface area contributed by atoms with E-state index >= 15 is 0 Å². The van der Waals surface area contributed by atoms with E-state index < -0.39 is 0 Å². The lowest BCUT2D eigenvalue weighted by molar-refractivity contribution is 0.0656. The number of rotatable bonds is 1. The van der Waals surface area contributed by atoms with Gasteiger partial charge in [-0.05, 0) is 25.1 Å². The van der Waals surface area contributed by atoms with Crippen molar-refractivity contribution in [1.29, 1.82) is 0 Å². The van der Waals surface area contributed by atoms with Gasteiger partial charge in [0.2, 0.25) is 0 Å². The van der Waals surface area contributed by atoms with Crippen LogP contribution in [-0.2, 0) is 0 Å². The fraction of sp³-hybridized carbons (Fsp3) is 0.417. The molecule has 0 unspecified atom stereocenters. The molecule has 0 bridgehead atoms. The number of halogens is 3. The lowest BCUT2D eigenvalue weighted by Crippen LogP contribution is -2.52. The van der Waals surface area contributed by atoms with Crippen LogP contribution in [0, 0.1) is 0 Å². The number of hydrogen-bond acceptors (Lipinski definition) is 2. The molecule has 6 heteroatoms. The van der Waals surface area contributed by atoms with Crippen molar-refractivity contribution in [2.75, 3.05) is 19.6 Å². The van der Waals surface area contributed by atoms with Crippen LogP contribution >= 0.6 is 35.6 Å². The fourth-order valence-corrected chi connectivity index (χ4v) is 2.51. The van der Waals surface area contributed by atoms with E-state index in [1.54, 1.807) is 18.2 Å². The number of benzene rings is 1. The Morgan fingerprint density at radius 2 is 1.94 bits per heavy atom. The van der Waals surface area contributed by atoms with Crippen LogP contribution in [0.1, 0.15) is 17.3 Å². The molecule has 0 aromatic heterocycles. The van der Waals surface area contributed by atoms with E-state index in [1.807, 2.05) is 11.8 Å². The highest BCUT2D eigenvalue weighted by Crippen LogP contribution is 2.21. The Hall–Kier alpha value is -0.480. The van der Waals surface area contributed by atoms with E-state index in [9.17, 15) is 4.79 Å². The zero-order chi connectivity index (χ0) is 12.4. The maximum Gasteiger partial charge on any atom is 0.254 e. The van der Waals surface area contributed by atoms with Crippen LogP contribution in [0.4, 0.5) is 0 Å². The molecular formula is C12H15Cl3N2O. The van der Waals surface area contributed by atoms with Gasteiger partial charge in [0.15, 0.2) is 0 Å². The highest BCUT2D eigenvalue weighted by molar-refractivity contribution is 6.35. The second kappa shape index (κ2) is 6.62. The Morgan fingerprint density at radius 1 is 1.33 bits per heavy atom. The molecule has 100 valence electrons. The molecule has 1 aliphatic heterocycles. The van der Waals surface area contributed by atoms with Crippen molar-refractivity contribution in [2.24, 2.45) is 0 Å². The van der Waals surface area contributed by atoms with Crippen molar-refractivity contribution in [3.05, 3.63) is 33.8 Å². The molecule has 1 N–H and O–H groups in total. The Balaban J connectivity index is 0.00000162. The molecule has 18 heavy (non-hydrogen) atoms. The van der Waals surface area contributed by atoms with Gasteiger partial charge in [-0.2, -0.15) is 0 Å². The van der Waals surface area contributed by atoms with Crippen LogP contribution in [-0.4, -0.2) is 36.5 Å². The third-order valence-corrected chi connectivity index (χ3v) is 3.31. The molecule has 1 saturated heterocycles. The van der Waals surface area contributed by atoms with Crippen molar-refractivity contribution in [1.82, 2.24) is 10.2 Å².